The second kappa shape index (κ2) is 5.65. The second-order valence-corrected chi connectivity index (χ2v) is 4.18. The lowest BCUT2D eigenvalue weighted by Gasteiger charge is -2.10. The molecule has 3 heteroatoms. The quantitative estimate of drug-likeness (QED) is 0.896. The van der Waals surface area contributed by atoms with E-state index in [-0.39, 0.29) is 6.61 Å². The van der Waals surface area contributed by atoms with E-state index in [2.05, 4.69) is 4.98 Å². The molecule has 0 amide bonds. The van der Waals surface area contributed by atoms with Gasteiger partial charge in [0.25, 0.3) is 0 Å². The van der Waals surface area contributed by atoms with Gasteiger partial charge >= 0.3 is 0 Å². The molecule has 0 bridgehead atoms. The first-order chi connectivity index (χ1) is 8.72. The van der Waals surface area contributed by atoms with E-state index >= 15 is 0 Å². The molecule has 2 aromatic rings. The number of ether oxygens (including phenoxy) is 1. The molecule has 94 valence electrons. The van der Waals surface area contributed by atoms with Gasteiger partial charge in [-0.3, -0.25) is 0 Å². The lowest BCUT2D eigenvalue weighted by Crippen LogP contribution is -1.96. The molecule has 0 saturated carbocycles. The zero-order valence-corrected chi connectivity index (χ0v) is 10.7. The highest BCUT2D eigenvalue weighted by molar-refractivity contribution is 5.36. The van der Waals surface area contributed by atoms with Crippen molar-refractivity contribution in [2.45, 2.75) is 26.9 Å². The average Bonchev–Trinajstić information content (AvgIpc) is 2.41. The SMILES string of the molecule is CCc1cc(CO)cc(Oc2ccccc2C)n1. The van der Waals surface area contributed by atoms with Crippen molar-refractivity contribution in [2.75, 3.05) is 0 Å². The van der Waals surface area contributed by atoms with Gasteiger partial charge < -0.3 is 9.84 Å². The van der Waals surface area contributed by atoms with Crippen LogP contribution in [0.5, 0.6) is 11.6 Å². The summed E-state index contributed by atoms with van der Waals surface area (Å²) in [6.45, 7) is 4.02. The van der Waals surface area contributed by atoms with Crippen molar-refractivity contribution in [1.82, 2.24) is 4.98 Å². The summed E-state index contributed by atoms with van der Waals surface area (Å²) in [5.41, 5.74) is 2.81. The highest BCUT2D eigenvalue weighted by atomic mass is 16.5. The van der Waals surface area contributed by atoms with E-state index in [0.29, 0.717) is 5.88 Å². The number of aliphatic hydroxyl groups excluding tert-OH is 1. The van der Waals surface area contributed by atoms with Crippen molar-refractivity contribution in [2.24, 2.45) is 0 Å². The maximum Gasteiger partial charge on any atom is 0.219 e. The number of hydrogen-bond acceptors (Lipinski definition) is 3. The lowest BCUT2D eigenvalue weighted by atomic mass is 10.2. The van der Waals surface area contributed by atoms with Crippen LogP contribution in [0.1, 0.15) is 23.7 Å². The Bertz CT molecular complexity index is 516. The Hall–Kier alpha value is -1.87. The van der Waals surface area contributed by atoms with Crippen LogP contribution in [0.3, 0.4) is 0 Å². The number of rotatable bonds is 4. The van der Waals surface area contributed by atoms with E-state index in [1.54, 1.807) is 6.07 Å². The van der Waals surface area contributed by atoms with Crippen molar-refractivity contribution in [3.8, 4) is 11.6 Å². The van der Waals surface area contributed by atoms with Crippen LogP contribution in [0.4, 0.5) is 0 Å². The molecular weight excluding hydrogens is 226 g/mol. The van der Waals surface area contributed by atoms with Crippen LogP contribution in [0.2, 0.25) is 0 Å². The molecule has 0 spiro atoms. The smallest absolute Gasteiger partial charge is 0.219 e. The average molecular weight is 243 g/mol. The van der Waals surface area contributed by atoms with Gasteiger partial charge in [0, 0.05) is 11.8 Å². The number of pyridine rings is 1. The number of para-hydroxylation sites is 1. The fourth-order valence-electron chi connectivity index (χ4n) is 1.73. The molecule has 3 nitrogen and oxygen atoms in total. The zero-order valence-electron chi connectivity index (χ0n) is 10.7. The van der Waals surface area contributed by atoms with E-state index in [0.717, 1.165) is 29.0 Å². The fourth-order valence-corrected chi connectivity index (χ4v) is 1.73. The third-order valence-corrected chi connectivity index (χ3v) is 2.77. The Morgan fingerprint density at radius 1 is 1.22 bits per heavy atom. The van der Waals surface area contributed by atoms with E-state index in [1.165, 1.54) is 0 Å². The van der Waals surface area contributed by atoms with Gasteiger partial charge in [-0.05, 0) is 36.6 Å². The Kier molecular flexibility index (Phi) is 3.95. The predicted molar refractivity (Wildman–Crippen MR) is 70.8 cm³/mol. The summed E-state index contributed by atoms with van der Waals surface area (Å²) >= 11 is 0. The zero-order chi connectivity index (χ0) is 13.0. The molecule has 0 atom stereocenters. The van der Waals surface area contributed by atoms with E-state index in [9.17, 15) is 5.11 Å². The number of aliphatic hydroxyl groups is 1. The number of aromatic nitrogens is 1. The lowest BCUT2D eigenvalue weighted by molar-refractivity contribution is 0.281. The van der Waals surface area contributed by atoms with Gasteiger partial charge in [-0.25, -0.2) is 4.98 Å². The molecule has 0 aliphatic carbocycles. The third-order valence-electron chi connectivity index (χ3n) is 2.77. The Labute approximate surface area is 107 Å². The minimum Gasteiger partial charge on any atom is -0.439 e. The predicted octanol–water partition coefficient (Wildman–Crippen LogP) is 3.24. The molecule has 0 aliphatic rings. The molecule has 2 rings (SSSR count). The summed E-state index contributed by atoms with van der Waals surface area (Å²) < 4.78 is 5.77. The van der Waals surface area contributed by atoms with E-state index < -0.39 is 0 Å². The molecule has 0 fully saturated rings. The Morgan fingerprint density at radius 3 is 2.67 bits per heavy atom. The summed E-state index contributed by atoms with van der Waals surface area (Å²) in [5.74, 6) is 1.33. The third kappa shape index (κ3) is 2.87. The first kappa shape index (κ1) is 12.6. The van der Waals surface area contributed by atoms with Crippen molar-refractivity contribution >= 4 is 0 Å². The summed E-state index contributed by atoms with van der Waals surface area (Å²) in [4.78, 5) is 4.40. The number of benzene rings is 1. The van der Waals surface area contributed by atoms with Crippen molar-refractivity contribution < 1.29 is 9.84 Å². The standard InChI is InChI=1S/C15H17NO2/c1-3-13-8-12(10-17)9-15(16-13)18-14-7-5-4-6-11(14)2/h4-9,17H,3,10H2,1-2H3. The van der Waals surface area contributed by atoms with Crippen molar-refractivity contribution in [3.63, 3.8) is 0 Å². The second-order valence-electron chi connectivity index (χ2n) is 4.18. The number of nitrogens with zero attached hydrogens (tertiary/aromatic N) is 1. The Balaban J connectivity index is 2.31. The molecule has 0 saturated heterocycles. The van der Waals surface area contributed by atoms with Gasteiger partial charge in [-0.1, -0.05) is 25.1 Å². The van der Waals surface area contributed by atoms with Gasteiger partial charge in [0.2, 0.25) is 5.88 Å². The number of aryl methyl sites for hydroxylation is 2. The van der Waals surface area contributed by atoms with Crippen LogP contribution in [0.15, 0.2) is 36.4 Å². The minimum absolute atomic E-state index is 0.000345. The monoisotopic (exact) mass is 243 g/mol. The highest BCUT2D eigenvalue weighted by Crippen LogP contribution is 2.24. The van der Waals surface area contributed by atoms with Crippen LogP contribution >= 0.6 is 0 Å². The maximum atomic E-state index is 9.22. The van der Waals surface area contributed by atoms with Gasteiger partial charge in [0.15, 0.2) is 0 Å². The minimum atomic E-state index is -0.000345. The molecule has 1 aromatic carbocycles. The molecule has 1 heterocycles. The molecule has 0 radical (unpaired) electrons. The van der Waals surface area contributed by atoms with Crippen LogP contribution in [0.25, 0.3) is 0 Å². The molecule has 0 aliphatic heterocycles. The summed E-state index contributed by atoms with van der Waals surface area (Å²) in [7, 11) is 0. The van der Waals surface area contributed by atoms with E-state index in [4.69, 9.17) is 4.74 Å². The first-order valence-electron chi connectivity index (χ1n) is 6.07. The van der Waals surface area contributed by atoms with Gasteiger partial charge in [0.1, 0.15) is 5.75 Å². The first-order valence-corrected chi connectivity index (χ1v) is 6.07. The highest BCUT2D eigenvalue weighted by Gasteiger charge is 2.05. The molecule has 1 N–H and O–H groups in total. The van der Waals surface area contributed by atoms with Crippen LogP contribution < -0.4 is 4.74 Å². The van der Waals surface area contributed by atoms with E-state index in [1.807, 2.05) is 44.2 Å². The molecular formula is C15H17NO2. The maximum absolute atomic E-state index is 9.22. The molecule has 0 unspecified atom stereocenters. The van der Waals surface area contributed by atoms with Crippen molar-refractivity contribution in [3.05, 3.63) is 53.2 Å². The molecule has 1 aromatic heterocycles. The van der Waals surface area contributed by atoms with Gasteiger partial charge in [-0.15, -0.1) is 0 Å². The fraction of sp³-hybridized carbons (Fsp3) is 0.267. The van der Waals surface area contributed by atoms with Gasteiger partial charge in [0.05, 0.1) is 6.61 Å². The van der Waals surface area contributed by atoms with Crippen LogP contribution in [-0.2, 0) is 13.0 Å². The molecule has 18 heavy (non-hydrogen) atoms. The van der Waals surface area contributed by atoms with Crippen LogP contribution in [0, 0.1) is 6.92 Å². The van der Waals surface area contributed by atoms with Crippen LogP contribution in [-0.4, -0.2) is 10.1 Å². The summed E-state index contributed by atoms with van der Waals surface area (Å²) in [6, 6.07) is 11.5. The normalized spacial score (nSPS) is 10.4. The summed E-state index contributed by atoms with van der Waals surface area (Å²) in [5, 5.41) is 9.22. The number of hydrogen-bond donors (Lipinski definition) is 1. The summed E-state index contributed by atoms with van der Waals surface area (Å²) in [6.07, 6.45) is 0.817. The van der Waals surface area contributed by atoms with Gasteiger partial charge in [-0.2, -0.15) is 0 Å². The largest absolute Gasteiger partial charge is 0.439 e. The Morgan fingerprint density at radius 2 is 2.00 bits per heavy atom. The topological polar surface area (TPSA) is 42.4 Å². The van der Waals surface area contributed by atoms with Crippen molar-refractivity contribution in [1.29, 1.82) is 0 Å².